The predicted molar refractivity (Wildman–Crippen MR) is 245 cm³/mol. The van der Waals surface area contributed by atoms with Gasteiger partial charge in [0, 0.05) is 38.5 Å². The molecule has 0 fully saturated rings. The first-order valence-electron chi connectivity index (χ1n) is 20.0. The van der Waals surface area contributed by atoms with Crippen LogP contribution in [0.15, 0.2) is 200 Å². The normalized spacial score (nSPS) is 12.1. The van der Waals surface area contributed by atoms with Gasteiger partial charge in [-0.25, -0.2) is 0 Å². The van der Waals surface area contributed by atoms with Gasteiger partial charge in [0.15, 0.2) is 0 Å². The number of aromatic hydroxyl groups is 1. The Balaban J connectivity index is 0.857. The summed E-state index contributed by atoms with van der Waals surface area (Å²) in [6.45, 7) is 0. The van der Waals surface area contributed by atoms with E-state index in [1.807, 2.05) is 24.3 Å². The highest BCUT2D eigenvalue weighted by Crippen LogP contribution is 2.39. The molecule has 0 amide bonds. The van der Waals surface area contributed by atoms with Crippen molar-refractivity contribution in [3.63, 3.8) is 0 Å². The van der Waals surface area contributed by atoms with Crippen LogP contribution in [0.2, 0.25) is 0 Å². The van der Waals surface area contributed by atoms with Gasteiger partial charge < -0.3 is 19.0 Å². The molecule has 0 aliphatic carbocycles. The summed E-state index contributed by atoms with van der Waals surface area (Å²) in [5.74, 6) is 1.78. The van der Waals surface area contributed by atoms with E-state index in [2.05, 4.69) is 192 Å². The second-order valence-corrected chi connectivity index (χ2v) is 15.3. The van der Waals surface area contributed by atoms with Gasteiger partial charge in [0.1, 0.15) is 17.2 Å². The Kier molecular flexibility index (Phi) is 7.44. The summed E-state index contributed by atoms with van der Waals surface area (Å²) in [7, 11) is 2.17. The third-order valence-electron chi connectivity index (χ3n) is 11.9. The predicted octanol–water partition coefficient (Wildman–Crippen LogP) is 12.3. The Morgan fingerprint density at radius 3 is 1.39 bits per heavy atom. The second kappa shape index (κ2) is 13.2. The van der Waals surface area contributed by atoms with Gasteiger partial charge in [0.25, 0.3) is 0 Å². The topological polar surface area (TPSA) is 39.3 Å². The maximum atomic E-state index is 11.6. The van der Waals surface area contributed by atoms with E-state index in [4.69, 9.17) is 4.74 Å². The van der Waals surface area contributed by atoms with Crippen molar-refractivity contribution >= 4 is 61.8 Å². The highest BCUT2D eigenvalue weighted by Gasteiger charge is 2.24. The lowest BCUT2D eigenvalue weighted by atomic mass is 9.59. The number of fused-ring (bicyclic) bond motifs is 8. The second-order valence-electron chi connectivity index (χ2n) is 15.3. The molecule has 5 heteroatoms. The van der Waals surface area contributed by atoms with Crippen molar-refractivity contribution < 1.29 is 9.84 Å². The van der Waals surface area contributed by atoms with Crippen molar-refractivity contribution in [2.75, 3.05) is 0 Å². The molecule has 12 rings (SSSR count). The third-order valence-corrected chi connectivity index (χ3v) is 11.9. The number of aromatic nitrogens is 2. The van der Waals surface area contributed by atoms with Crippen LogP contribution in [-0.2, 0) is 0 Å². The Hall–Kier alpha value is -7.76. The number of para-hydroxylation sites is 4. The summed E-state index contributed by atoms with van der Waals surface area (Å²) in [5, 5.41) is 16.6. The summed E-state index contributed by atoms with van der Waals surface area (Å²) in [6, 6.07) is 70.0. The molecular weight excluding hydrogens is 719 g/mol. The maximum Gasteiger partial charge on any atom is 0.202 e. The molecule has 0 saturated heterocycles. The first kappa shape index (κ1) is 33.4. The SMILES string of the molecule is Oc1cc(-c2cccc(-n3c4ccccc4c4ccccc43)c2)ccc1-c1cccc2c1[B]c1ccc(-c3cccc(-n4c5ccccc5c5ccccc54)c3)cc1O2. The van der Waals surface area contributed by atoms with Crippen molar-refractivity contribution in [1.29, 1.82) is 0 Å². The molecule has 1 aliphatic heterocycles. The van der Waals surface area contributed by atoms with E-state index in [-0.39, 0.29) is 5.75 Å². The van der Waals surface area contributed by atoms with Crippen LogP contribution in [0.3, 0.4) is 0 Å². The highest BCUT2D eigenvalue weighted by atomic mass is 16.5. The molecule has 1 aliphatic rings. The zero-order valence-corrected chi connectivity index (χ0v) is 31.9. The number of hydrogen-bond donors (Lipinski definition) is 1. The van der Waals surface area contributed by atoms with E-state index in [0.29, 0.717) is 0 Å². The number of rotatable bonds is 5. The zero-order valence-electron chi connectivity index (χ0n) is 31.9. The summed E-state index contributed by atoms with van der Waals surface area (Å²) in [5.41, 5.74) is 14.7. The van der Waals surface area contributed by atoms with Crippen molar-refractivity contribution in [3.8, 4) is 62.0 Å². The van der Waals surface area contributed by atoms with E-state index in [1.165, 1.54) is 43.6 Å². The van der Waals surface area contributed by atoms with Crippen molar-refractivity contribution in [3.05, 3.63) is 200 Å². The first-order chi connectivity index (χ1) is 29.2. The van der Waals surface area contributed by atoms with Gasteiger partial charge in [-0.1, -0.05) is 133 Å². The first-order valence-corrected chi connectivity index (χ1v) is 20.0. The molecule has 1 radical (unpaired) electrons. The van der Waals surface area contributed by atoms with Crippen molar-refractivity contribution in [1.82, 2.24) is 9.13 Å². The standard InChI is InChI=1S/C54H34BN2O2/c58-51-32-36(34-12-9-14-38(30-34)56-47-21-5-1-16-40(47)41-17-2-6-22-48(41)56)26-28-44(51)45-20-11-25-52-54(45)55-46-29-27-37(33-53(46)59-52)35-13-10-15-39(31-35)57-49-23-7-3-18-42(49)43-19-4-8-24-50(43)57/h1-33,58H. The molecule has 0 spiro atoms. The van der Waals surface area contributed by atoms with Crippen LogP contribution >= 0.6 is 0 Å². The van der Waals surface area contributed by atoms with Crippen LogP contribution in [0, 0.1) is 0 Å². The van der Waals surface area contributed by atoms with Gasteiger partial charge >= 0.3 is 0 Å². The van der Waals surface area contributed by atoms with Gasteiger partial charge in [-0.05, 0) is 105 Å². The monoisotopic (exact) mass is 753 g/mol. The molecule has 1 N–H and O–H groups in total. The van der Waals surface area contributed by atoms with E-state index in [0.717, 1.165) is 67.2 Å². The van der Waals surface area contributed by atoms with Crippen LogP contribution in [0.1, 0.15) is 0 Å². The fraction of sp³-hybridized carbons (Fsp3) is 0. The smallest absolute Gasteiger partial charge is 0.202 e. The number of phenolic OH excluding ortho intramolecular Hbond substituents is 1. The third kappa shape index (κ3) is 5.32. The fourth-order valence-corrected chi connectivity index (χ4v) is 9.20. The Morgan fingerprint density at radius 2 is 0.847 bits per heavy atom. The van der Waals surface area contributed by atoms with Gasteiger partial charge in [-0.3, -0.25) is 0 Å². The number of ether oxygens (including phenoxy) is 1. The zero-order chi connectivity index (χ0) is 39.0. The summed E-state index contributed by atoms with van der Waals surface area (Å²) >= 11 is 0. The largest absolute Gasteiger partial charge is 0.507 e. The van der Waals surface area contributed by atoms with Crippen molar-refractivity contribution in [2.24, 2.45) is 0 Å². The number of nitrogens with zero attached hydrogens (tertiary/aromatic N) is 2. The molecule has 9 aromatic carbocycles. The van der Waals surface area contributed by atoms with Gasteiger partial charge in [-0.15, -0.1) is 0 Å². The average molecular weight is 754 g/mol. The fourth-order valence-electron chi connectivity index (χ4n) is 9.20. The Bertz CT molecular complexity index is 3380. The number of hydrogen-bond acceptors (Lipinski definition) is 2. The average Bonchev–Trinajstić information content (AvgIpc) is 3.81. The molecule has 11 aromatic rings. The van der Waals surface area contributed by atoms with Gasteiger partial charge in [-0.2, -0.15) is 0 Å². The molecule has 59 heavy (non-hydrogen) atoms. The lowest BCUT2D eigenvalue weighted by Crippen LogP contribution is -2.35. The minimum atomic E-state index is 0.218. The van der Waals surface area contributed by atoms with Gasteiger partial charge in [0.05, 0.1) is 22.1 Å². The quantitative estimate of drug-likeness (QED) is 0.178. The molecule has 0 saturated carbocycles. The maximum absolute atomic E-state index is 11.6. The molecule has 2 aromatic heterocycles. The minimum Gasteiger partial charge on any atom is -0.507 e. The van der Waals surface area contributed by atoms with Gasteiger partial charge in [0.2, 0.25) is 7.28 Å². The molecular formula is C54H34BN2O2. The van der Waals surface area contributed by atoms with E-state index >= 15 is 0 Å². The summed E-state index contributed by atoms with van der Waals surface area (Å²) < 4.78 is 11.3. The van der Waals surface area contributed by atoms with Crippen LogP contribution in [0.4, 0.5) is 0 Å². The molecule has 0 bridgehead atoms. The molecule has 275 valence electrons. The van der Waals surface area contributed by atoms with Crippen LogP contribution in [-0.4, -0.2) is 21.5 Å². The lowest BCUT2D eigenvalue weighted by Gasteiger charge is -2.23. The highest BCUT2D eigenvalue weighted by molar-refractivity contribution is 6.71. The van der Waals surface area contributed by atoms with Crippen molar-refractivity contribution in [2.45, 2.75) is 0 Å². The minimum absolute atomic E-state index is 0.218. The van der Waals surface area contributed by atoms with Crippen LogP contribution < -0.4 is 15.7 Å². The van der Waals surface area contributed by atoms with E-state index in [1.54, 1.807) is 0 Å². The lowest BCUT2D eigenvalue weighted by molar-refractivity contribution is 0.477. The Labute approximate surface area is 341 Å². The van der Waals surface area contributed by atoms with Crippen LogP contribution in [0.25, 0.3) is 88.4 Å². The van der Waals surface area contributed by atoms with Crippen LogP contribution in [0.5, 0.6) is 17.2 Å². The Morgan fingerprint density at radius 1 is 0.373 bits per heavy atom. The van der Waals surface area contributed by atoms with E-state index < -0.39 is 0 Å². The molecule has 0 unspecified atom stereocenters. The molecule has 3 heterocycles. The molecule has 0 atom stereocenters. The summed E-state index contributed by atoms with van der Waals surface area (Å²) in [4.78, 5) is 0. The molecule has 4 nitrogen and oxygen atoms in total. The number of phenols is 1. The summed E-state index contributed by atoms with van der Waals surface area (Å²) in [6.07, 6.45) is 0. The number of benzene rings is 9. The van der Waals surface area contributed by atoms with E-state index in [9.17, 15) is 5.11 Å².